The van der Waals surface area contributed by atoms with E-state index in [1.807, 2.05) is 0 Å². The van der Waals surface area contributed by atoms with E-state index in [1.165, 1.54) is 0 Å². The predicted octanol–water partition coefficient (Wildman–Crippen LogP) is 0.950. The lowest BCUT2D eigenvalue weighted by Crippen LogP contribution is -2.11. The Labute approximate surface area is 89.1 Å². The van der Waals surface area contributed by atoms with Crippen molar-refractivity contribution in [3.8, 4) is 11.5 Å². The van der Waals surface area contributed by atoms with Gasteiger partial charge >= 0.3 is 7.69 Å². The van der Waals surface area contributed by atoms with Gasteiger partial charge in [-0.05, 0) is 12.1 Å². The summed E-state index contributed by atoms with van der Waals surface area (Å²) in [6.07, 6.45) is 0.440. The number of hydrogen-bond donors (Lipinski definition) is 1. The SMILES string of the molecule is CCC(=O)COc1ccccc1O[B]O. The van der Waals surface area contributed by atoms with Crippen molar-refractivity contribution < 1.29 is 19.2 Å². The number of carbonyl (C=O) groups is 1. The van der Waals surface area contributed by atoms with Gasteiger partial charge in [0.2, 0.25) is 0 Å². The van der Waals surface area contributed by atoms with Crippen molar-refractivity contribution in [1.29, 1.82) is 0 Å². The van der Waals surface area contributed by atoms with Gasteiger partial charge in [-0.25, -0.2) is 0 Å². The molecule has 0 aromatic heterocycles. The van der Waals surface area contributed by atoms with Gasteiger partial charge < -0.3 is 14.4 Å². The number of hydrogen-bond acceptors (Lipinski definition) is 4. The molecule has 1 radical (unpaired) electrons. The molecule has 1 aromatic carbocycles. The standard InChI is InChI=1S/C10H12BO4/c1-2-8(12)7-14-9-5-3-4-6-10(9)15-11-13/h3-6,13H,2,7H2,1H3. The largest absolute Gasteiger partial charge is 0.569 e. The molecule has 0 saturated heterocycles. The van der Waals surface area contributed by atoms with E-state index >= 15 is 0 Å². The molecular formula is C10H12BO4. The molecule has 5 heteroatoms. The summed E-state index contributed by atoms with van der Waals surface area (Å²) in [7, 11) is 0.573. The van der Waals surface area contributed by atoms with Crippen molar-refractivity contribution in [3.63, 3.8) is 0 Å². The Kier molecular flexibility index (Phi) is 4.70. The molecule has 0 spiro atoms. The number of rotatable bonds is 6. The van der Waals surface area contributed by atoms with E-state index in [-0.39, 0.29) is 12.4 Å². The predicted molar refractivity (Wildman–Crippen MR) is 55.8 cm³/mol. The maximum atomic E-state index is 11.0. The molecule has 0 bridgehead atoms. The number of ether oxygens (including phenoxy) is 1. The van der Waals surface area contributed by atoms with E-state index in [9.17, 15) is 4.79 Å². The lowest BCUT2D eigenvalue weighted by molar-refractivity contribution is -0.120. The summed E-state index contributed by atoms with van der Waals surface area (Å²) in [5.74, 6) is 0.825. The maximum Gasteiger partial charge on any atom is 0.569 e. The zero-order valence-corrected chi connectivity index (χ0v) is 8.47. The average molecular weight is 207 g/mol. The minimum Gasteiger partial charge on any atom is -0.535 e. The highest BCUT2D eigenvalue weighted by Crippen LogP contribution is 2.25. The fourth-order valence-corrected chi connectivity index (χ4v) is 0.984. The molecule has 0 aliphatic carbocycles. The summed E-state index contributed by atoms with van der Waals surface area (Å²) in [6, 6.07) is 6.81. The lowest BCUT2D eigenvalue weighted by Gasteiger charge is -2.09. The van der Waals surface area contributed by atoms with Gasteiger partial charge in [0.1, 0.15) is 12.4 Å². The van der Waals surface area contributed by atoms with Crippen LogP contribution in [0.2, 0.25) is 0 Å². The molecule has 79 valence electrons. The van der Waals surface area contributed by atoms with Gasteiger partial charge in [0.05, 0.1) is 0 Å². The number of carbonyl (C=O) groups excluding carboxylic acids is 1. The molecule has 0 saturated carbocycles. The van der Waals surface area contributed by atoms with Crippen LogP contribution in [0, 0.1) is 0 Å². The molecule has 0 fully saturated rings. The Morgan fingerprint density at radius 1 is 1.40 bits per heavy atom. The van der Waals surface area contributed by atoms with Crippen LogP contribution in [-0.2, 0) is 4.79 Å². The maximum absolute atomic E-state index is 11.0. The van der Waals surface area contributed by atoms with Crippen molar-refractivity contribution in [1.82, 2.24) is 0 Å². The van der Waals surface area contributed by atoms with Crippen LogP contribution in [0.15, 0.2) is 24.3 Å². The molecule has 4 nitrogen and oxygen atoms in total. The van der Waals surface area contributed by atoms with Crippen molar-refractivity contribution in [2.45, 2.75) is 13.3 Å². The van der Waals surface area contributed by atoms with E-state index in [4.69, 9.17) is 14.4 Å². The van der Waals surface area contributed by atoms with Gasteiger partial charge in [-0.15, -0.1) is 0 Å². The highest BCUT2D eigenvalue weighted by molar-refractivity contribution is 6.17. The molecule has 0 amide bonds. The zero-order chi connectivity index (χ0) is 11.1. The zero-order valence-electron chi connectivity index (χ0n) is 8.47. The first-order valence-corrected chi connectivity index (χ1v) is 4.64. The third kappa shape index (κ3) is 3.63. The Morgan fingerprint density at radius 3 is 2.67 bits per heavy atom. The van der Waals surface area contributed by atoms with Crippen molar-refractivity contribution in [3.05, 3.63) is 24.3 Å². The lowest BCUT2D eigenvalue weighted by atomic mass is 10.3. The number of benzene rings is 1. The van der Waals surface area contributed by atoms with Crippen molar-refractivity contribution >= 4 is 13.5 Å². The monoisotopic (exact) mass is 207 g/mol. The molecule has 0 unspecified atom stereocenters. The normalized spacial score (nSPS) is 9.47. The minimum absolute atomic E-state index is 0.0118. The van der Waals surface area contributed by atoms with E-state index in [2.05, 4.69) is 0 Å². The Morgan fingerprint density at radius 2 is 2.07 bits per heavy atom. The molecule has 0 atom stereocenters. The molecule has 1 aromatic rings. The van der Waals surface area contributed by atoms with Gasteiger partial charge in [0, 0.05) is 6.42 Å². The van der Waals surface area contributed by atoms with Gasteiger partial charge in [0.25, 0.3) is 0 Å². The van der Waals surface area contributed by atoms with Crippen LogP contribution in [-0.4, -0.2) is 25.1 Å². The molecule has 0 aliphatic heterocycles. The van der Waals surface area contributed by atoms with Crippen LogP contribution in [0.25, 0.3) is 0 Å². The fraction of sp³-hybridized carbons (Fsp3) is 0.300. The fourth-order valence-electron chi connectivity index (χ4n) is 0.984. The van der Waals surface area contributed by atoms with E-state index in [1.54, 1.807) is 31.2 Å². The van der Waals surface area contributed by atoms with E-state index in [0.29, 0.717) is 25.6 Å². The summed E-state index contributed by atoms with van der Waals surface area (Å²) in [5.41, 5.74) is 0. The Bertz CT molecular complexity index is 327. The summed E-state index contributed by atoms with van der Waals surface area (Å²) < 4.78 is 10.0. The third-order valence-electron chi connectivity index (χ3n) is 1.81. The summed E-state index contributed by atoms with van der Waals surface area (Å²) in [4.78, 5) is 11.0. The van der Waals surface area contributed by atoms with Gasteiger partial charge in [-0.1, -0.05) is 19.1 Å². The van der Waals surface area contributed by atoms with Crippen LogP contribution >= 0.6 is 0 Å². The number of para-hydroxylation sites is 2. The van der Waals surface area contributed by atoms with E-state index in [0.717, 1.165) is 0 Å². The quantitative estimate of drug-likeness (QED) is 0.705. The van der Waals surface area contributed by atoms with Crippen molar-refractivity contribution in [2.24, 2.45) is 0 Å². The second-order valence-corrected chi connectivity index (χ2v) is 2.85. The molecule has 1 N–H and O–H groups in total. The second kappa shape index (κ2) is 6.08. The smallest absolute Gasteiger partial charge is 0.535 e. The van der Waals surface area contributed by atoms with Gasteiger partial charge in [0.15, 0.2) is 11.5 Å². The highest BCUT2D eigenvalue weighted by Gasteiger charge is 2.06. The summed E-state index contributed by atoms with van der Waals surface area (Å²) in [6.45, 7) is 1.79. The Hall–Kier alpha value is -1.49. The van der Waals surface area contributed by atoms with E-state index < -0.39 is 0 Å². The van der Waals surface area contributed by atoms with Gasteiger partial charge in [-0.2, -0.15) is 0 Å². The first kappa shape index (κ1) is 11.6. The summed E-state index contributed by atoms with van der Waals surface area (Å²) in [5, 5.41) is 8.50. The highest BCUT2D eigenvalue weighted by atomic mass is 16.5. The average Bonchev–Trinajstić information content (AvgIpc) is 2.28. The first-order chi connectivity index (χ1) is 7.27. The van der Waals surface area contributed by atoms with Crippen molar-refractivity contribution in [2.75, 3.05) is 6.61 Å². The van der Waals surface area contributed by atoms with Crippen LogP contribution in [0.3, 0.4) is 0 Å². The van der Waals surface area contributed by atoms with Crippen LogP contribution in [0.5, 0.6) is 11.5 Å². The first-order valence-electron chi connectivity index (χ1n) is 4.64. The third-order valence-corrected chi connectivity index (χ3v) is 1.81. The molecule has 15 heavy (non-hydrogen) atoms. The van der Waals surface area contributed by atoms with Gasteiger partial charge in [-0.3, -0.25) is 4.79 Å². The van der Waals surface area contributed by atoms with Crippen LogP contribution in [0.4, 0.5) is 0 Å². The molecular weight excluding hydrogens is 195 g/mol. The molecule has 0 aliphatic rings. The number of ketones is 1. The van der Waals surface area contributed by atoms with Crippen LogP contribution < -0.4 is 9.39 Å². The summed E-state index contributed by atoms with van der Waals surface area (Å²) >= 11 is 0. The second-order valence-electron chi connectivity index (χ2n) is 2.85. The Balaban J connectivity index is 2.62. The molecule has 1 rings (SSSR count). The minimum atomic E-state index is 0.0118. The topological polar surface area (TPSA) is 55.8 Å². The molecule has 0 heterocycles. The number of Topliss-reactive ketones (excluding diaryl/α,β-unsaturated/α-hetero) is 1. The van der Waals surface area contributed by atoms with Crippen LogP contribution in [0.1, 0.15) is 13.3 Å².